The van der Waals surface area contributed by atoms with E-state index in [0.717, 1.165) is 10.2 Å². The lowest BCUT2D eigenvalue weighted by atomic mass is 10.2. The lowest BCUT2D eigenvalue weighted by Crippen LogP contribution is -2.31. The standard InChI is InChI=1S/C25H28N6O4/c1-16(2)14-26-21(32)11-12-29-23(34)19-9-4-5-10-20(19)31-24(29)28-30(25(31)35)15-22(33)27-18-8-6-7-17(3)13-18/h4-10,13,16H,11-12,14-15H2,1-3H3,(H,26,32)(H,27,33). The smallest absolute Gasteiger partial charge is 0.352 e. The predicted octanol–water partition coefficient (Wildman–Crippen LogP) is 1.92. The van der Waals surface area contributed by atoms with Crippen LogP contribution in [0.1, 0.15) is 25.8 Å². The van der Waals surface area contributed by atoms with Crippen LogP contribution in [0.3, 0.4) is 0 Å². The molecule has 0 aliphatic rings. The van der Waals surface area contributed by atoms with Crippen LogP contribution in [0, 0.1) is 12.8 Å². The van der Waals surface area contributed by atoms with Crippen LogP contribution in [0.5, 0.6) is 0 Å². The molecule has 2 aromatic carbocycles. The zero-order valence-electron chi connectivity index (χ0n) is 19.9. The summed E-state index contributed by atoms with van der Waals surface area (Å²) in [6.07, 6.45) is 0.0511. The monoisotopic (exact) mass is 476 g/mol. The van der Waals surface area contributed by atoms with E-state index in [1.54, 1.807) is 30.3 Å². The second-order valence-corrected chi connectivity index (χ2v) is 8.92. The second-order valence-electron chi connectivity index (χ2n) is 8.92. The van der Waals surface area contributed by atoms with Crippen molar-refractivity contribution in [2.75, 3.05) is 11.9 Å². The molecule has 4 aromatic rings. The quantitative estimate of drug-likeness (QED) is 0.403. The Morgan fingerprint density at radius 3 is 2.54 bits per heavy atom. The molecule has 0 aliphatic heterocycles. The van der Waals surface area contributed by atoms with E-state index < -0.39 is 11.6 Å². The molecule has 0 saturated heterocycles. The normalized spacial score (nSPS) is 11.3. The van der Waals surface area contributed by atoms with Crippen LogP contribution in [-0.2, 0) is 22.7 Å². The fourth-order valence-corrected chi connectivity index (χ4v) is 3.85. The van der Waals surface area contributed by atoms with Crippen molar-refractivity contribution in [3.05, 3.63) is 74.9 Å². The molecule has 2 heterocycles. The maximum atomic E-state index is 13.3. The number of rotatable bonds is 8. The Hall–Kier alpha value is -4.21. The van der Waals surface area contributed by atoms with Gasteiger partial charge in [-0.1, -0.05) is 38.1 Å². The Labute approximate surface area is 201 Å². The minimum atomic E-state index is -0.548. The van der Waals surface area contributed by atoms with Gasteiger partial charge in [0.15, 0.2) is 0 Å². The molecule has 4 rings (SSSR count). The van der Waals surface area contributed by atoms with Crippen molar-refractivity contribution in [2.45, 2.75) is 40.3 Å². The number of para-hydroxylation sites is 1. The van der Waals surface area contributed by atoms with Crippen LogP contribution in [0.4, 0.5) is 5.69 Å². The first kappa shape index (κ1) is 23.9. The van der Waals surface area contributed by atoms with Gasteiger partial charge >= 0.3 is 5.69 Å². The molecule has 0 unspecified atom stereocenters. The molecule has 10 heteroatoms. The van der Waals surface area contributed by atoms with E-state index in [1.807, 2.05) is 39.0 Å². The summed E-state index contributed by atoms with van der Waals surface area (Å²) < 4.78 is 3.65. The number of carbonyl (C=O) groups excluding carboxylic acids is 2. The van der Waals surface area contributed by atoms with Gasteiger partial charge in [0.2, 0.25) is 17.6 Å². The maximum Gasteiger partial charge on any atom is 0.352 e. The zero-order valence-corrected chi connectivity index (χ0v) is 19.9. The largest absolute Gasteiger partial charge is 0.356 e. The van der Waals surface area contributed by atoms with Crippen LogP contribution in [0.25, 0.3) is 16.7 Å². The van der Waals surface area contributed by atoms with Crippen molar-refractivity contribution in [3.63, 3.8) is 0 Å². The first-order valence-corrected chi connectivity index (χ1v) is 11.5. The maximum absolute atomic E-state index is 13.3. The second kappa shape index (κ2) is 9.96. The fourth-order valence-electron chi connectivity index (χ4n) is 3.85. The SMILES string of the molecule is Cc1cccc(NC(=O)Cn2nc3n(CCC(=O)NCC(C)C)c(=O)c4ccccc4n3c2=O)c1. The number of nitrogens with one attached hydrogen (secondary N) is 2. The van der Waals surface area contributed by atoms with Gasteiger partial charge in [-0.15, -0.1) is 5.10 Å². The van der Waals surface area contributed by atoms with Crippen LogP contribution < -0.4 is 21.9 Å². The van der Waals surface area contributed by atoms with Crippen molar-refractivity contribution in [1.82, 2.24) is 24.1 Å². The number of carbonyl (C=O) groups is 2. The van der Waals surface area contributed by atoms with E-state index in [0.29, 0.717) is 29.1 Å². The molecule has 0 spiro atoms. The summed E-state index contributed by atoms with van der Waals surface area (Å²) in [7, 11) is 0. The Balaban J connectivity index is 1.70. The highest BCUT2D eigenvalue weighted by molar-refractivity contribution is 5.90. The number of hydrogen-bond acceptors (Lipinski definition) is 5. The summed E-state index contributed by atoms with van der Waals surface area (Å²) in [6, 6.07) is 14.0. The molecule has 2 amide bonds. The van der Waals surface area contributed by atoms with Crippen LogP contribution >= 0.6 is 0 Å². The third-order valence-electron chi connectivity index (χ3n) is 5.55. The summed E-state index contributed by atoms with van der Waals surface area (Å²) in [5, 5.41) is 10.2. The first-order chi connectivity index (χ1) is 16.7. The molecular formula is C25H28N6O4. The average Bonchev–Trinajstić information content (AvgIpc) is 3.13. The first-order valence-electron chi connectivity index (χ1n) is 11.5. The number of hydrogen-bond donors (Lipinski definition) is 2. The minimum Gasteiger partial charge on any atom is -0.356 e. The Bertz CT molecular complexity index is 1530. The van der Waals surface area contributed by atoms with Gasteiger partial charge in [0.25, 0.3) is 5.56 Å². The highest BCUT2D eigenvalue weighted by Gasteiger charge is 2.19. The average molecular weight is 477 g/mol. The Kier molecular flexibility index (Phi) is 6.81. The number of amides is 2. The summed E-state index contributed by atoms with van der Waals surface area (Å²) in [5.74, 6) is -0.239. The third kappa shape index (κ3) is 5.16. The van der Waals surface area contributed by atoms with Crippen molar-refractivity contribution in [1.29, 1.82) is 0 Å². The van der Waals surface area contributed by atoms with E-state index in [9.17, 15) is 19.2 Å². The van der Waals surface area contributed by atoms with Crippen molar-refractivity contribution in [3.8, 4) is 0 Å². The molecule has 0 aliphatic carbocycles. The van der Waals surface area contributed by atoms with Crippen molar-refractivity contribution < 1.29 is 9.59 Å². The highest BCUT2D eigenvalue weighted by atomic mass is 16.2. The number of benzene rings is 2. The van der Waals surface area contributed by atoms with E-state index in [1.165, 1.54) is 8.97 Å². The number of fused-ring (bicyclic) bond motifs is 3. The molecule has 0 radical (unpaired) electrons. The summed E-state index contributed by atoms with van der Waals surface area (Å²) >= 11 is 0. The Morgan fingerprint density at radius 2 is 1.80 bits per heavy atom. The number of aromatic nitrogens is 4. The molecule has 2 N–H and O–H groups in total. The molecule has 0 atom stereocenters. The van der Waals surface area contributed by atoms with Gasteiger partial charge in [-0.05, 0) is 42.7 Å². The van der Waals surface area contributed by atoms with Gasteiger partial charge in [0, 0.05) is 25.2 Å². The van der Waals surface area contributed by atoms with Gasteiger partial charge in [-0.3, -0.25) is 19.0 Å². The van der Waals surface area contributed by atoms with E-state index >= 15 is 0 Å². The lowest BCUT2D eigenvalue weighted by Gasteiger charge is -2.10. The Morgan fingerprint density at radius 1 is 1.03 bits per heavy atom. The predicted molar refractivity (Wildman–Crippen MR) is 133 cm³/mol. The van der Waals surface area contributed by atoms with Gasteiger partial charge in [-0.2, -0.15) is 0 Å². The zero-order chi connectivity index (χ0) is 25.1. The summed E-state index contributed by atoms with van der Waals surface area (Å²) in [5.41, 5.74) is 1.09. The molecule has 0 bridgehead atoms. The topological polar surface area (TPSA) is 120 Å². The minimum absolute atomic E-state index is 0.0447. The molecule has 0 fully saturated rings. The van der Waals surface area contributed by atoms with Gasteiger partial charge in [-0.25, -0.2) is 13.9 Å². The molecule has 2 aromatic heterocycles. The van der Waals surface area contributed by atoms with Crippen LogP contribution in [-0.4, -0.2) is 37.1 Å². The molecule has 0 saturated carbocycles. The summed E-state index contributed by atoms with van der Waals surface area (Å²) in [6.45, 7) is 6.15. The third-order valence-corrected chi connectivity index (χ3v) is 5.55. The lowest BCUT2D eigenvalue weighted by molar-refractivity contribution is -0.121. The van der Waals surface area contributed by atoms with E-state index in [2.05, 4.69) is 15.7 Å². The van der Waals surface area contributed by atoms with Crippen LogP contribution in [0.2, 0.25) is 0 Å². The molecule has 10 nitrogen and oxygen atoms in total. The van der Waals surface area contributed by atoms with Gasteiger partial charge in [0.05, 0.1) is 10.9 Å². The number of nitrogens with zero attached hydrogens (tertiary/aromatic N) is 4. The van der Waals surface area contributed by atoms with Crippen molar-refractivity contribution >= 4 is 34.2 Å². The van der Waals surface area contributed by atoms with Gasteiger partial charge in [0.1, 0.15) is 6.54 Å². The highest BCUT2D eigenvalue weighted by Crippen LogP contribution is 2.12. The number of aryl methyl sites for hydroxylation is 2. The van der Waals surface area contributed by atoms with Gasteiger partial charge < -0.3 is 10.6 Å². The van der Waals surface area contributed by atoms with Crippen molar-refractivity contribution in [2.24, 2.45) is 5.92 Å². The molecule has 35 heavy (non-hydrogen) atoms. The molecular weight excluding hydrogens is 448 g/mol. The van der Waals surface area contributed by atoms with Crippen LogP contribution in [0.15, 0.2) is 58.1 Å². The summed E-state index contributed by atoms with van der Waals surface area (Å²) in [4.78, 5) is 51.4. The van der Waals surface area contributed by atoms with E-state index in [4.69, 9.17) is 0 Å². The molecule has 182 valence electrons. The van der Waals surface area contributed by atoms with E-state index in [-0.39, 0.29) is 36.8 Å². The fraction of sp³-hybridized carbons (Fsp3) is 0.320. The number of anilines is 1.